The molecule has 0 saturated carbocycles. The van der Waals surface area contributed by atoms with Crippen LogP contribution in [0.2, 0.25) is 5.02 Å². The molecular weight excluding hydrogens is 394 g/mol. The fraction of sp³-hybridized carbons (Fsp3) is 0.136. The summed E-state index contributed by atoms with van der Waals surface area (Å²) < 4.78 is 30.0. The molecule has 6 heteroatoms. The molecule has 0 heterocycles. The van der Waals surface area contributed by atoms with Crippen LogP contribution in [-0.4, -0.2) is 14.6 Å². The zero-order valence-electron chi connectivity index (χ0n) is 15.8. The van der Waals surface area contributed by atoms with Gasteiger partial charge in [0.1, 0.15) is 4.90 Å². The van der Waals surface area contributed by atoms with Gasteiger partial charge < -0.3 is 4.18 Å². The summed E-state index contributed by atoms with van der Waals surface area (Å²) in [5, 5.41) is 0.195. The van der Waals surface area contributed by atoms with Gasteiger partial charge in [0, 0.05) is 6.21 Å². The molecule has 0 aliphatic carbocycles. The molecule has 144 valence electrons. The minimum Gasteiger partial charge on any atom is -0.377 e. The zero-order chi connectivity index (χ0) is 20.3. The second-order valence-electron chi connectivity index (χ2n) is 6.59. The van der Waals surface area contributed by atoms with Gasteiger partial charge in [0.15, 0.2) is 5.75 Å². The van der Waals surface area contributed by atoms with Crippen LogP contribution < -0.4 is 4.18 Å². The van der Waals surface area contributed by atoms with Crippen molar-refractivity contribution in [3.63, 3.8) is 0 Å². The Balaban J connectivity index is 1.80. The lowest BCUT2D eigenvalue weighted by molar-refractivity contribution is 0.486. The SMILES string of the molecule is Cc1ccc(S(=O)(=O)Oc2ccc(C=Nc3ccc(C)cc3C)cc2Cl)cc1. The highest BCUT2D eigenvalue weighted by Crippen LogP contribution is 2.28. The predicted octanol–water partition coefficient (Wildman–Crippen LogP) is 5.78. The third kappa shape index (κ3) is 4.80. The number of halogens is 1. The van der Waals surface area contributed by atoms with Crippen LogP contribution in [0.25, 0.3) is 0 Å². The fourth-order valence-corrected chi connectivity index (χ4v) is 3.85. The van der Waals surface area contributed by atoms with E-state index in [0.29, 0.717) is 0 Å². The molecule has 0 radical (unpaired) electrons. The van der Waals surface area contributed by atoms with Crippen LogP contribution in [0.15, 0.2) is 70.6 Å². The van der Waals surface area contributed by atoms with Gasteiger partial charge in [0.05, 0.1) is 10.7 Å². The Morgan fingerprint density at radius 3 is 2.21 bits per heavy atom. The summed E-state index contributed by atoms with van der Waals surface area (Å²) in [6.45, 7) is 5.91. The van der Waals surface area contributed by atoms with Gasteiger partial charge >= 0.3 is 10.1 Å². The maximum Gasteiger partial charge on any atom is 0.339 e. The highest BCUT2D eigenvalue weighted by Gasteiger charge is 2.18. The normalized spacial score (nSPS) is 11.7. The van der Waals surface area contributed by atoms with E-state index >= 15 is 0 Å². The van der Waals surface area contributed by atoms with E-state index in [1.54, 1.807) is 30.5 Å². The van der Waals surface area contributed by atoms with Crippen LogP contribution in [0.4, 0.5) is 5.69 Å². The van der Waals surface area contributed by atoms with Gasteiger partial charge in [0.25, 0.3) is 0 Å². The molecule has 0 fully saturated rings. The molecule has 0 spiro atoms. The van der Waals surface area contributed by atoms with Crippen molar-refractivity contribution in [3.05, 3.63) is 87.9 Å². The van der Waals surface area contributed by atoms with Crippen molar-refractivity contribution >= 4 is 33.6 Å². The maximum absolute atomic E-state index is 12.4. The minimum absolute atomic E-state index is 0.0749. The van der Waals surface area contributed by atoms with Gasteiger partial charge in [-0.2, -0.15) is 8.42 Å². The van der Waals surface area contributed by atoms with E-state index in [1.807, 2.05) is 32.9 Å². The first-order valence-electron chi connectivity index (χ1n) is 8.67. The summed E-state index contributed by atoms with van der Waals surface area (Å²) in [6, 6.07) is 17.3. The molecule has 0 atom stereocenters. The number of hydrogen-bond donors (Lipinski definition) is 0. The molecular formula is C22H20ClNO3S. The molecule has 28 heavy (non-hydrogen) atoms. The van der Waals surface area contributed by atoms with Crippen LogP contribution in [0.1, 0.15) is 22.3 Å². The Morgan fingerprint density at radius 1 is 0.893 bits per heavy atom. The molecule has 0 unspecified atom stereocenters. The fourth-order valence-electron chi connectivity index (χ4n) is 2.63. The Hall–Kier alpha value is -2.63. The number of hydrogen-bond acceptors (Lipinski definition) is 4. The van der Waals surface area contributed by atoms with Gasteiger partial charge in [-0.15, -0.1) is 0 Å². The minimum atomic E-state index is -3.95. The van der Waals surface area contributed by atoms with E-state index in [2.05, 4.69) is 11.1 Å². The van der Waals surface area contributed by atoms with Gasteiger partial charge in [-0.05, 0) is 68.3 Å². The van der Waals surface area contributed by atoms with E-state index < -0.39 is 10.1 Å². The second-order valence-corrected chi connectivity index (χ2v) is 8.54. The third-order valence-corrected chi connectivity index (χ3v) is 5.71. The first-order valence-corrected chi connectivity index (χ1v) is 10.5. The highest BCUT2D eigenvalue weighted by molar-refractivity contribution is 7.87. The topological polar surface area (TPSA) is 55.7 Å². The standard InChI is InChI=1S/C22H20ClNO3S/c1-15-4-8-19(9-5-15)28(25,26)27-22-11-7-18(13-20(22)23)14-24-21-10-6-16(2)12-17(21)3/h4-14H,1-3H3. The summed E-state index contributed by atoms with van der Waals surface area (Å²) in [6.07, 6.45) is 1.68. The van der Waals surface area contributed by atoms with Crippen molar-refractivity contribution in [1.29, 1.82) is 0 Å². The summed E-state index contributed by atoms with van der Waals surface area (Å²) in [7, 11) is -3.95. The van der Waals surface area contributed by atoms with Crippen molar-refractivity contribution in [2.24, 2.45) is 4.99 Å². The smallest absolute Gasteiger partial charge is 0.339 e. The summed E-state index contributed by atoms with van der Waals surface area (Å²) in [4.78, 5) is 4.55. The molecule has 4 nitrogen and oxygen atoms in total. The number of aliphatic imine (C=N–C) groups is 1. The molecule has 0 amide bonds. The average molecular weight is 414 g/mol. The Kier molecular flexibility index (Phi) is 5.87. The Labute approximate surface area is 170 Å². The van der Waals surface area contributed by atoms with Crippen molar-refractivity contribution < 1.29 is 12.6 Å². The highest BCUT2D eigenvalue weighted by atomic mass is 35.5. The monoisotopic (exact) mass is 413 g/mol. The molecule has 0 aromatic heterocycles. The number of benzene rings is 3. The van der Waals surface area contributed by atoms with E-state index in [0.717, 1.165) is 22.4 Å². The van der Waals surface area contributed by atoms with Crippen molar-refractivity contribution in [2.45, 2.75) is 25.7 Å². The van der Waals surface area contributed by atoms with Gasteiger partial charge in [-0.25, -0.2) is 0 Å². The van der Waals surface area contributed by atoms with Crippen LogP contribution in [0.5, 0.6) is 5.75 Å². The number of nitrogens with zero attached hydrogens (tertiary/aromatic N) is 1. The summed E-state index contributed by atoms with van der Waals surface area (Å²) >= 11 is 6.23. The lowest BCUT2D eigenvalue weighted by Crippen LogP contribution is -2.10. The molecule has 0 saturated heterocycles. The van der Waals surface area contributed by atoms with Crippen LogP contribution in [0.3, 0.4) is 0 Å². The first kappa shape index (κ1) is 20.1. The van der Waals surface area contributed by atoms with E-state index in [-0.39, 0.29) is 15.7 Å². The molecule has 3 aromatic rings. The Bertz CT molecular complexity index is 1140. The van der Waals surface area contributed by atoms with Crippen LogP contribution in [-0.2, 0) is 10.1 Å². The van der Waals surface area contributed by atoms with Crippen molar-refractivity contribution in [3.8, 4) is 5.75 Å². The predicted molar refractivity (Wildman–Crippen MR) is 114 cm³/mol. The van der Waals surface area contributed by atoms with Crippen molar-refractivity contribution in [2.75, 3.05) is 0 Å². The average Bonchev–Trinajstić information content (AvgIpc) is 2.63. The molecule has 0 aliphatic heterocycles. The summed E-state index contributed by atoms with van der Waals surface area (Å²) in [5.74, 6) is 0.0749. The molecule has 0 bridgehead atoms. The van der Waals surface area contributed by atoms with Gasteiger partial charge in [-0.1, -0.05) is 47.0 Å². The van der Waals surface area contributed by atoms with E-state index in [4.69, 9.17) is 15.8 Å². The zero-order valence-corrected chi connectivity index (χ0v) is 17.4. The molecule has 3 aromatic carbocycles. The molecule has 3 rings (SSSR count). The lowest BCUT2D eigenvalue weighted by atomic mass is 10.1. The number of rotatable bonds is 5. The first-order chi connectivity index (χ1) is 13.2. The van der Waals surface area contributed by atoms with Gasteiger partial charge in [0.2, 0.25) is 0 Å². The quantitative estimate of drug-likeness (QED) is 0.393. The third-order valence-electron chi connectivity index (χ3n) is 4.17. The maximum atomic E-state index is 12.4. The van der Waals surface area contributed by atoms with E-state index in [1.165, 1.54) is 23.8 Å². The number of aryl methyl sites for hydroxylation is 3. The second kappa shape index (κ2) is 8.17. The van der Waals surface area contributed by atoms with Crippen LogP contribution >= 0.6 is 11.6 Å². The molecule has 0 N–H and O–H groups in total. The van der Waals surface area contributed by atoms with Gasteiger partial charge in [-0.3, -0.25) is 4.99 Å². The Morgan fingerprint density at radius 2 is 1.57 bits per heavy atom. The van der Waals surface area contributed by atoms with Crippen LogP contribution in [0, 0.1) is 20.8 Å². The largest absolute Gasteiger partial charge is 0.377 e. The van der Waals surface area contributed by atoms with Crippen molar-refractivity contribution in [1.82, 2.24) is 0 Å². The molecule has 0 aliphatic rings. The van der Waals surface area contributed by atoms with E-state index in [9.17, 15) is 8.42 Å². The summed E-state index contributed by atoms with van der Waals surface area (Å²) in [5.41, 5.74) is 4.82. The lowest BCUT2D eigenvalue weighted by Gasteiger charge is -2.09.